The molecule has 4 heterocycles. The maximum atomic E-state index is 14.4. The molecule has 0 atom stereocenters. The van der Waals surface area contributed by atoms with Crippen LogP contribution in [0.5, 0.6) is 11.5 Å². The summed E-state index contributed by atoms with van der Waals surface area (Å²) >= 11 is 13.5. The van der Waals surface area contributed by atoms with Gasteiger partial charge in [-0.3, -0.25) is 19.6 Å². The van der Waals surface area contributed by atoms with E-state index in [4.69, 9.17) is 37.7 Å². The molecule has 232 valence electrons. The number of methoxy groups -OCH3 is 2. The van der Waals surface area contributed by atoms with Crippen molar-refractivity contribution < 1.29 is 19.1 Å². The van der Waals surface area contributed by atoms with Gasteiger partial charge in [0.15, 0.2) is 0 Å². The van der Waals surface area contributed by atoms with Gasteiger partial charge in [-0.25, -0.2) is 9.78 Å². The molecule has 0 radical (unpaired) electrons. The molecule has 2 aromatic heterocycles. The number of benzene rings is 1. The number of amides is 3. The minimum Gasteiger partial charge on any atom is -0.495 e. The molecule has 0 saturated carbocycles. The molecule has 1 aromatic carbocycles. The number of hydrogen-bond donors (Lipinski definition) is 1. The minimum atomic E-state index is -0.360. The van der Waals surface area contributed by atoms with E-state index in [9.17, 15) is 9.59 Å². The number of halogens is 2. The van der Waals surface area contributed by atoms with Gasteiger partial charge < -0.3 is 24.6 Å². The number of hydrogen-bond acceptors (Lipinski definition) is 9. The van der Waals surface area contributed by atoms with Crippen LogP contribution >= 0.6 is 23.2 Å². The molecule has 0 aliphatic carbocycles. The van der Waals surface area contributed by atoms with Gasteiger partial charge in [0.25, 0.3) is 0 Å². The van der Waals surface area contributed by atoms with Gasteiger partial charge in [-0.1, -0.05) is 29.3 Å². The van der Waals surface area contributed by atoms with E-state index < -0.39 is 0 Å². The van der Waals surface area contributed by atoms with Crippen molar-refractivity contribution in [1.82, 2.24) is 24.8 Å². The van der Waals surface area contributed by atoms with Crippen LogP contribution in [0.2, 0.25) is 10.0 Å². The Morgan fingerprint density at radius 3 is 2.39 bits per heavy atom. The first-order valence-electron chi connectivity index (χ1n) is 14.1. The van der Waals surface area contributed by atoms with Crippen molar-refractivity contribution in [2.24, 2.45) is 0 Å². The van der Waals surface area contributed by atoms with E-state index in [0.717, 1.165) is 5.69 Å². The van der Waals surface area contributed by atoms with E-state index in [1.807, 2.05) is 25.1 Å². The fourth-order valence-corrected chi connectivity index (χ4v) is 5.93. The smallest absolute Gasteiger partial charge is 0.330 e. The number of carbonyl (C=O) groups is 2. The Morgan fingerprint density at radius 1 is 1.11 bits per heavy atom. The van der Waals surface area contributed by atoms with Crippen molar-refractivity contribution in [3.63, 3.8) is 0 Å². The number of likely N-dealkylation sites (tertiary alicyclic amines) is 1. The van der Waals surface area contributed by atoms with E-state index in [-0.39, 0.29) is 40.3 Å². The van der Waals surface area contributed by atoms with Crippen LogP contribution in [-0.2, 0) is 11.3 Å². The highest BCUT2D eigenvalue weighted by Crippen LogP contribution is 2.48. The van der Waals surface area contributed by atoms with Gasteiger partial charge >= 0.3 is 6.03 Å². The molecule has 12 nitrogen and oxygen atoms in total. The zero-order valence-corrected chi connectivity index (χ0v) is 26.5. The number of ether oxygens (including phenoxy) is 2. The highest BCUT2D eigenvalue weighted by atomic mass is 35.5. The molecule has 3 aromatic rings. The first kappa shape index (κ1) is 31.3. The number of fused-ring (bicyclic) bond motifs is 1. The van der Waals surface area contributed by atoms with Crippen molar-refractivity contribution in [1.29, 1.82) is 0 Å². The Hall–Kier alpha value is -4.13. The Bertz CT molecular complexity index is 1520. The number of likely N-dealkylation sites (N-methyl/N-ethyl adjacent to an activating group) is 1. The van der Waals surface area contributed by atoms with Gasteiger partial charge in [0, 0.05) is 67.7 Å². The average Bonchev–Trinajstić information content (AvgIpc) is 3.02. The Morgan fingerprint density at radius 2 is 1.77 bits per heavy atom. The summed E-state index contributed by atoms with van der Waals surface area (Å²) in [6, 6.07) is 4.56. The predicted octanol–water partition coefficient (Wildman–Crippen LogP) is 4.99. The third-order valence-electron chi connectivity index (χ3n) is 7.46. The molecular weight excluding hydrogens is 607 g/mol. The van der Waals surface area contributed by atoms with Crippen LogP contribution in [0.3, 0.4) is 0 Å². The Labute approximate surface area is 266 Å². The standard InChI is InChI=1S/C30H34Cl2N8O4/c1-37(2)13-5-6-24(41)38-14-9-21(10-15-38)40-28-19(17-34-29(36-28)35-20-7-11-33-12-8-20)18-39(30(40)42)27-25(31)22(43-3)16-23(44-4)26(27)32/h5-8,11-12,16-17,21H,9-10,13-15,18H2,1-4H3,(H,33,34,35,36). The molecule has 14 heteroatoms. The van der Waals surface area contributed by atoms with E-state index in [1.165, 1.54) is 19.1 Å². The van der Waals surface area contributed by atoms with Crippen molar-refractivity contribution in [2.75, 3.05) is 63.1 Å². The molecule has 0 bridgehead atoms. The summed E-state index contributed by atoms with van der Waals surface area (Å²) in [5.41, 5.74) is 1.72. The maximum Gasteiger partial charge on any atom is 0.330 e. The van der Waals surface area contributed by atoms with Crippen LogP contribution in [0, 0.1) is 0 Å². The zero-order valence-electron chi connectivity index (χ0n) is 25.0. The normalized spacial score (nSPS) is 15.6. The van der Waals surface area contributed by atoms with Crippen LogP contribution in [-0.4, -0.2) is 90.7 Å². The first-order chi connectivity index (χ1) is 21.2. The lowest BCUT2D eigenvalue weighted by atomic mass is 10.0. The Kier molecular flexibility index (Phi) is 9.72. The van der Waals surface area contributed by atoms with Crippen molar-refractivity contribution >= 4 is 58.3 Å². The number of nitrogens with zero attached hydrogens (tertiary/aromatic N) is 7. The molecule has 1 N–H and O–H groups in total. The number of anilines is 4. The quantitative estimate of drug-likeness (QED) is 0.323. The van der Waals surface area contributed by atoms with Crippen LogP contribution in [0.25, 0.3) is 0 Å². The fourth-order valence-electron chi connectivity index (χ4n) is 5.23. The largest absolute Gasteiger partial charge is 0.495 e. The molecule has 3 amide bonds. The van der Waals surface area contributed by atoms with Crippen LogP contribution in [0.4, 0.5) is 27.9 Å². The summed E-state index contributed by atoms with van der Waals surface area (Å²) in [5, 5.41) is 3.54. The zero-order chi connectivity index (χ0) is 31.4. The van der Waals surface area contributed by atoms with Crippen molar-refractivity contribution in [2.45, 2.75) is 25.4 Å². The second-order valence-corrected chi connectivity index (χ2v) is 11.4. The molecule has 5 rings (SSSR count). The number of urea groups is 1. The van der Waals surface area contributed by atoms with Crippen LogP contribution in [0.15, 0.2) is 48.9 Å². The second-order valence-electron chi connectivity index (χ2n) is 10.6. The molecule has 1 saturated heterocycles. The molecule has 1 fully saturated rings. The number of rotatable bonds is 9. The molecular formula is C30H34Cl2N8O4. The van der Waals surface area contributed by atoms with E-state index in [2.05, 4.69) is 15.3 Å². The summed E-state index contributed by atoms with van der Waals surface area (Å²) in [7, 11) is 6.85. The minimum absolute atomic E-state index is 0.0505. The predicted molar refractivity (Wildman–Crippen MR) is 170 cm³/mol. The highest BCUT2D eigenvalue weighted by Gasteiger charge is 2.41. The molecule has 0 unspecified atom stereocenters. The fraction of sp³-hybridized carbons (Fsp3) is 0.367. The summed E-state index contributed by atoms with van der Waals surface area (Å²) in [6.45, 7) is 1.75. The molecule has 0 spiro atoms. The lowest BCUT2D eigenvalue weighted by Crippen LogP contribution is -2.55. The Balaban J connectivity index is 1.50. The monoisotopic (exact) mass is 640 g/mol. The van der Waals surface area contributed by atoms with Crippen molar-refractivity contribution in [3.05, 3.63) is 64.6 Å². The van der Waals surface area contributed by atoms with E-state index >= 15 is 0 Å². The van der Waals surface area contributed by atoms with Gasteiger partial charge in [0.1, 0.15) is 27.4 Å². The summed E-state index contributed by atoms with van der Waals surface area (Å²) < 4.78 is 10.9. The topological polar surface area (TPSA) is 116 Å². The van der Waals surface area contributed by atoms with Gasteiger partial charge in [0.2, 0.25) is 11.9 Å². The average molecular weight is 642 g/mol. The number of pyridine rings is 1. The molecule has 2 aliphatic heterocycles. The summed E-state index contributed by atoms with van der Waals surface area (Å²) in [6.07, 6.45) is 9.56. The summed E-state index contributed by atoms with van der Waals surface area (Å²) in [5.74, 6) is 1.39. The SMILES string of the molecule is COc1cc(OC)c(Cl)c(N2Cc3cnc(Nc4ccncc4)nc3N(C3CCN(C(=O)C=CCN(C)C)CC3)C2=O)c1Cl. The maximum absolute atomic E-state index is 14.4. The second kappa shape index (κ2) is 13.7. The third-order valence-corrected chi connectivity index (χ3v) is 8.20. The number of nitrogens with one attached hydrogen (secondary N) is 1. The highest BCUT2D eigenvalue weighted by molar-refractivity contribution is 6.42. The van der Waals surface area contributed by atoms with Gasteiger partial charge in [0.05, 0.1) is 26.5 Å². The van der Waals surface area contributed by atoms with Gasteiger partial charge in [-0.05, 0) is 39.1 Å². The first-order valence-corrected chi connectivity index (χ1v) is 14.8. The van der Waals surface area contributed by atoms with E-state index in [0.29, 0.717) is 61.3 Å². The third kappa shape index (κ3) is 6.52. The molecule has 44 heavy (non-hydrogen) atoms. The number of carbonyl (C=O) groups excluding carboxylic acids is 2. The summed E-state index contributed by atoms with van der Waals surface area (Å²) in [4.78, 5) is 47.6. The van der Waals surface area contributed by atoms with Gasteiger partial charge in [-0.2, -0.15) is 4.98 Å². The van der Waals surface area contributed by atoms with Gasteiger partial charge in [-0.15, -0.1) is 0 Å². The van der Waals surface area contributed by atoms with Crippen LogP contribution < -0.4 is 24.6 Å². The number of aromatic nitrogens is 3. The number of piperidine rings is 1. The lowest BCUT2D eigenvalue weighted by Gasteiger charge is -2.43. The van der Waals surface area contributed by atoms with Crippen molar-refractivity contribution in [3.8, 4) is 11.5 Å². The lowest BCUT2D eigenvalue weighted by molar-refractivity contribution is -0.127. The van der Waals surface area contributed by atoms with E-state index in [1.54, 1.807) is 52.7 Å². The molecule has 2 aliphatic rings. The van der Waals surface area contributed by atoms with Crippen LogP contribution in [0.1, 0.15) is 18.4 Å².